The van der Waals surface area contributed by atoms with E-state index in [9.17, 15) is 23.9 Å². The first kappa shape index (κ1) is 26.9. The van der Waals surface area contributed by atoms with Gasteiger partial charge in [-0.3, -0.25) is 20.1 Å². The summed E-state index contributed by atoms with van der Waals surface area (Å²) in [6, 6.07) is 20.1. The predicted octanol–water partition coefficient (Wildman–Crippen LogP) is 4.43. The molecule has 2 atom stereocenters. The van der Waals surface area contributed by atoms with Gasteiger partial charge in [-0.25, -0.2) is 14.7 Å². The molecule has 0 aromatic heterocycles. The zero-order valence-corrected chi connectivity index (χ0v) is 19.5. The summed E-state index contributed by atoms with van der Waals surface area (Å²) in [6.45, 7) is 0. The number of carbonyl (C=O) groups excluding carboxylic acids is 3. The van der Waals surface area contributed by atoms with Gasteiger partial charge in [-0.1, -0.05) is 48.5 Å². The minimum atomic E-state index is -1.22. The number of ether oxygens (including phenoxy) is 2. The van der Waals surface area contributed by atoms with E-state index in [0.717, 1.165) is 18.2 Å². The standard InChI is InChI=1S/C27H25FN2O7/c28-21-17-19(15-16-22(21)31)25(37-27(34)29-26(33)18-9-3-1-4-10-18)23(13-7-8-14-24(32)30-35)36-20-11-5-2-6-12-20/h1-6,8-12,14-17,23,25,31,35H,7,13H2,(H,30,32)(H,29,33,34)/b14-8+/t23-,25-/m1/s1. The summed E-state index contributed by atoms with van der Waals surface area (Å²) < 4.78 is 25.9. The number of allylic oxidation sites excluding steroid dienone is 1. The summed E-state index contributed by atoms with van der Waals surface area (Å²) in [5, 5.41) is 20.4. The van der Waals surface area contributed by atoms with Crippen LogP contribution < -0.4 is 15.5 Å². The highest BCUT2D eigenvalue weighted by Gasteiger charge is 2.30. The fourth-order valence-electron chi connectivity index (χ4n) is 3.39. The molecule has 3 aromatic rings. The fraction of sp³-hybridized carbons (Fsp3) is 0.148. The van der Waals surface area contributed by atoms with E-state index in [2.05, 4.69) is 5.32 Å². The van der Waals surface area contributed by atoms with Crippen LogP contribution >= 0.6 is 0 Å². The number of phenolic OH excluding ortho intramolecular Hbond substituents is 1. The topological polar surface area (TPSA) is 134 Å². The molecule has 4 N–H and O–H groups in total. The number of hydrogen-bond donors (Lipinski definition) is 4. The second kappa shape index (κ2) is 13.4. The Morgan fingerprint density at radius 1 is 0.973 bits per heavy atom. The lowest BCUT2D eigenvalue weighted by Gasteiger charge is -2.28. The average molecular weight is 509 g/mol. The summed E-state index contributed by atoms with van der Waals surface area (Å²) in [4.78, 5) is 36.4. The van der Waals surface area contributed by atoms with Crippen molar-refractivity contribution in [3.8, 4) is 11.5 Å². The Morgan fingerprint density at radius 2 is 1.65 bits per heavy atom. The molecule has 0 radical (unpaired) electrons. The quantitative estimate of drug-likeness (QED) is 0.181. The Labute approximate surface area is 212 Å². The van der Waals surface area contributed by atoms with Crippen molar-refractivity contribution in [1.82, 2.24) is 10.8 Å². The molecule has 0 saturated heterocycles. The first-order valence-electron chi connectivity index (χ1n) is 11.2. The number of imide groups is 1. The molecule has 3 rings (SSSR count). The molecule has 37 heavy (non-hydrogen) atoms. The van der Waals surface area contributed by atoms with Gasteiger partial charge < -0.3 is 14.6 Å². The van der Waals surface area contributed by atoms with Gasteiger partial charge in [0.2, 0.25) is 0 Å². The highest BCUT2D eigenvalue weighted by molar-refractivity contribution is 6.02. The molecule has 0 spiro atoms. The molecule has 3 aromatic carbocycles. The van der Waals surface area contributed by atoms with Crippen LogP contribution in [0.5, 0.6) is 11.5 Å². The van der Waals surface area contributed by atoms with Gasteiger partial charge in [-0.05, 0) is 54.8 Å². The molecule has 9 nitrogen and oxygen atoms in total. The number of halogens is 1. The lowest BCUT2D eigenvalue weighted by molar-refractivity contribution is -0.124. The number of hydrogen-bond acceptors (Lipinski definition) is 7. The van der Waals surface area contributed by atoms with Crippen molar-refractivity contribution in [2.24, 2.45) is 0 Å². The molecule has 0 saturated carbocycles. The predicted molar refractivity (Wildman–Crippen MR) is 130 cm³/mol. The third-order valence-corrected chi connectivity index (χ3v) is 5.15. The first-order valence-corrected chi connectivity index (χ1v) is 11.2. The molecule has 0 unspecified atom stereocenters. The van der Waals surface area contributed by atoms with Crippen molar-refractivity contribution in [3.63, 3.8) is 0 Å². The summed E-state index contributed by atoms with van der Waals surface area (Å²) in [5.74, 6) is -2.53. The Hall–Kier alpha value is -4.70. The Bertz CT molecular complexity index is 1240. The van der Waals surface area contributed by atoms with Crippen molar-refractivity contribution >= 4 is 17.9 Å². The fourth-order valence-corrected chi connectivity index (χ4v) is 3.39. The molecule has 192 valence electrons. The van der Waals surface area contributed by atoms with Crippen LogP contribution in [0.1, 0.15) is 34.9 Å². The smallest absolute Gasteiger partial charge is 0.414 e. The number of alkyl carbamates (subject to hydrolysis) is 1. The molecule has 0 aliphatic rings. The SMILES string of the molecule is O=C(/C=C/CC[C@@H](Oc1ccccc1)[C@H](OC(=O)NC(=O)c1ccccc1)c1ccc(O)c(F)c1)NO. The van der Waals surface area contributed by atoms with E-state index in [1.54, 1.807) is 48.5 Å². The highest BCUT2D eigenvalue weighted by atomic mass is 19.1. The monoisotopic (exact) mass is 508 g/mol. The van der Waals surface area contributed by atoms with Crippen LogP contribution in [-0.4, -0.2) is 34.3 Å². The van der Waals surface area contributed by atoms with Crippen LogP contribution in [0.15, 0.2) is 91.0 Å². The summed E-state index contributed by atoms with van der Waals surface area (Å²) in [5.41, 5.74) is 1.87. The van der Waals surface area contributed by atoms with Gasteiger partial charge >= 0.3 is 6.09 Å². The normalized spacial score (nSPS) is 12.4. The maximum absolute atomic E-state index is 14.3. The van der Waals surface area contributed by atoms with E-state index in [1.165, 1.54) is 29.8 Å². The number of amides is 3. The maximum Gasteiger partial charge on any atom is 0.414 e. The number of phenols is 1. The van der Waals surface area contributed by atoms with Crippen molar-refractivity contribution in [3.05, 3.63) is 108 Å². The highest BCUT2D eigenvalue weighted by Crippen LogP contribution is 2.31. The van der Waals surface area contributed by atoms with Crippen LogP contribution in [-0.2, 0) is 9.53 Å². The van der Waals surface area contributed by atoms with Gasteiger partial charge in [-0.2, -0.15) is 0 Å². The van der Waals surface area contributed by atoms with Crippen molar-refractivity contribution in [2.45, 2.75) is 25.0 Å². The number of para-hydroxylation sites is 1. The van der Waals surface area contributed by atoms with Gasteiger partial charge in [-0.15, -0.1) is 0 Å². The van der Waals surface area contributed by atoms with Crippen LogP contribution in [0.25, 0.3) is 0 Å². The van der Waals surface area contributed by atoms with Crippen LogP contribution in [0.4, 0.5) is 9.18 Å². The zero-order chi connectivity index (χ0) is 26.6. The van der Waals surface area contributed by atoms with Crippen molar-refractivity contribution < 1.29 is 38.6 Å². The molecule has 0 fully saturated rings. The summed E-state index contributed by atoms with van der Waals surface area (Å²) in [7, 11) is 0. The number of aromatic hydroxyl groups is 1. The Kier molecular flexibility index (Phi) is 9.74. The largest absolute Gasteiger partial charge is 0.505 e. The van der Waals surface area contributed by atoms with E-state index < -0.39 is 41.7 Å². The Morgan fingerprint density at radius 3 is 2.30 bits per heavy atom. The lowest BCUT2D eigenvalue weighted by atomic mass is 9.99. The van der Waals surface area contributed by atoms with E-state index in [-0.39, 0.29) is 24.0 Å². The van der Waals surface area contributed by atoms with E-state index >= 15 is 0 Å². The molecular weight excluding hydrogens is 483 g/mol. The zero-order valence-electron chi connectivity index (χ0n) is 19.5. The van der Waals surface area contributed by atoms with E-state index in [4.69, 9.17) is 14.7 Å². The van der Waals surface area contributed by atoms with Gasteiger partial charge in [0, 0.05) is 11.6 Å². The van der Waals surface area contributed by atoms with Crippen LogP contribution in [0, 0.1) is 5.82 Å². The van der Waals surface area contributed by atoms with Gasteiger partial charge in [0.05, 0.1) is 0 Å². The van der Waals surface area contributed by atoms with Crippen molar-refractivity contribution in [2.75, 3.05) is 0 Å². The molecule has 3 amide bonds. The second-order valence-corrected chi connectivity index (χ2v) is 7.78. The van der Waals surface area contributed by atoms with E-state index in [0.29, 0.717) is 5.75 Å². The molecular formula is C27H25FN2O7. The van der Waals surface area contributed by atoms with Crippen molar-refractivity contribution in [1.29, 1.82) is 0 Å². The number of benzene rings is 3. The second-order valence-electron chi connectivity index (χ2n) is 7.78. The first-order chi connectivity index (χ1) is 17.9. The number of hydroxylamine groups is 1. The van der Waals surface area contributed by atoms with Crippen LogP contribution in [0.2, 0.25) is 0 Å². The molecule has 0 bridgehead atoms. The maximum atomic E-state index is 14.3. The third kappa shape index (κ3) is 8.18. The molecule has 10 heteroatoms. The number of nitrogens with one attached hydrogen (secondary N) is 2. The van der Waals surface area contributed by atoms with Crippen LogP contribution in [0.3, 0.4) is 0 Å². The number of rotatable bonds is 10. The molecule has 0 heterocycles. The summed E-state index contributed by atoms with van der Waals surface area (Å²) >= 11 is 0. The minimum Gasteiger partial charge on any atom is -0.505 e. The minimum absolute atomic E-state index is 0.163. The summed E-state index contributed by atoms with van der Waals surface area (Å²) in [6.07, 6.45) is -0.220. The Balaban J connectivity index is 1.88. The van der Waals surface area contributed by atoms with Gasteiger partial charge in [0.15, 0.2) is 17.7 Å². The molecule has 0 aliphatic carbocycles. The molecule has 0 aliphatic heterocycles. The van der Waals surface area contributed by atoms with Gasteiger partial charge in [0.1, 0.15) is 11.9 Å². The third-order valence-electron chi connectivity index (χ3n) is 5.15. The number of carbonyl (C=O) groups is 3. The average Bonchev–Trinajstić information content (AvgIpc) is 2.91. The lowest BCUT2D eigenvalue weighted by Crippen LogP contribution is -2.36. The van der Waals surface area contributed by atoms with E-state index in [1.807, 2.05) is 0 Å². The van der Waals surface area contributed by atoms with Gasteiger partial charge in [0.25, 0.3) is 11.8 Å².